The number of imide groups is 1. The first-order valence-electron chi connectivity index (χ1n) is 12.8. The van der Waals surface area contributed by atoms with Crippen LogP contribution in [-0.4, -0.2) is 51.0 Å². The molecule has 0 aromatic heterocycles. The van der Waals surface area contributed by atoms with Crippen molar-refractivity contribution < 1.29 is 34.2 Å². The Morgan fingerprint density at radius 2 is 1.78 bits per heavy atom. The van der Waals surface area contributed by atoms with Crippen molar-refractivity contribution in [2.24, 2.45) is 17.8 Å². The zero-order valence-electron chi connectivity index (χ0n) is 20.6. The Labute approximate surface area is 214 Å². The number of allylic oxidation sites excluding steroid dienone is 6. The number of benzene rings is 1. The molecule has 8 heteroatoms. The van der Waals surface area contributed by atoms with Crippen LogP contribution in [0.5, 0.6) is 5.75 Å². The lowest BCUT2D eigenvalue weighted by Crippen LogP contribution is -2.39. The summed E-state index contributed by atoms with van der Waals surface area (Å²) in [6.45, 7) is 1.84. The average molecular weight is 504 g/mol. The topological polar surface area (TPSA) is 129 Å². The van der Waals surface area contributed by atoms with Crippen LogP contribution < -0.4 is 0 Å². The van der Waals surface area contributed by atoms with Crippen LogP contribution in [0, 0.1) is 17.8 Å². The van der Waals surface area contributed by atoms with E-state index < -0.39 is 29.6 Å². The average Bonchev–Trinajstić information content (AvgIpc) is 3.11. The Kier molecular flexibility index (Phi) is 6.43. The Morgan fingerprint density at radius 1 is 1.03 bits per heavy atom. The smallest absolute Gasteiger partial charge is 0.303 e. The molecule has 192 valence electrons. The van der Waals surface area contributed by atoms with E-state index in [1.807, 2.05) is 6.08 Å². The number of para-hydroxylation sites is 1. The van der Waals surface area contributed by atoms with E-state index in [-0.39, 0.29) is 48.5 Å². The Hall–Kier alpha value is -3.81. The number of nitrogens with zero attached hydrogens (tertiary/aromatic N) is 1. The van der Waals surface area contributed by atoms with Gasteiger partial charge in [-0.1, -0.05) is 36.3 Å². The molecule has 4 atom stereocenters. The van der Waals surface area contributed by atoms with Crippen LogP contribution in [0.15, 0.2) is 58.7 Å². The first-order valence-corrected chi connectivity index (χ1v) is 12.8. The number of ketones is 2. The number of Topliss-reactive ketones (excluding diaryl/α,β-unsaturated/α-hetero) is 1. The highest BCUT2D eigenvalue weighted by Gasteiger charge is 2.56. The zero-order valence-corrected chi connectivity index (χ0v) is 20.6. The minimum atomic E-state index is -0.872. The van der Waals surface area contributed by atoms with Crippen LogP contribution in [0.2, 0.25) is 0 Å². The first-order chi connectivity index (χ1) is 17.7. The predicted octanol–water partition coefficient (Wildman–Crippen LogP) is 3.47. The fourth-order valence-electron chi connectivity index (χ4n) is 6.48. The number of aliphatic carboxylic acids is 1. The molecule has 1 heterocycles. The molecule has 1 aromatic rings. The summed E-state index contributed by atoms with van der Waals surface area (Å²) in [7, 11) is 0. The number of carbonyl (C=O) groups is 5. The normalized spacial score (nSPS) is 27.0. The number of rotatable bonds is 7. The minimum absolute atomic E-state index is 0.00589. The maximum absolute atomic E-state index is 13.6. The number of phenols is 1. The highest BCUT2D eigenvalue weighted by atomic mass is 16.4. The molecule has 4 aliphatic rings. The standard InChI is InChI=1S/C29H29NO7/c1-15-13-22(32)26-20(27(15)35)14-19-16(24(26)17-7-4-5-8-21(17)31)10-11-18-25(19)29(37)30(28(18)36)12-6-2-3-9-23(33)34/h4-5,7-8,10,13,18-19,24-25,31H,2-3,6,9,11-12,14H2,1H3,(H,33,34). The highest BCUT2D eigenvalue weighted by Crippen LogP contribution is 2.55. The molecule has 5 rings (SSSR count). The monoisotopic (exact) mass is 503 g/mol. The van der Waals surface area contributed by atoms with E-state index in [4.69, 9.17) is 5.11 Å². The molecule has 3 aliphatic carbocycles. The molecule has 8 nitrogen and oxygen atoms in total. The number of unbranched alkanes of at least 4 members (excludes halogenated alkanes) is 2. The molecular weight excluding hydrogens is 474 g/mol. The van der Waals surface area contributed by atoms with Gasteiger partial charge in [-0.25, -0.2) is 0 Å². The summed E-state index contributed by atoms with van der Waals surface area (Å²) in [5.41, 5.74) is 2.38. The van der Waals surface area contributed by atoms with Gasteiger partial charge in [-0.15, -0.1) is 0 Å². The van der Waals surface area contributed by atoms with Gasteiger partial charge in [0.25, 0.3) is 0 Å². The molecule has 4 unspecified atom stereocenters. The summed E-state index contributed by atoms with van der Waals surface area (Å²) >= 11 is 0. The summed E-state index contributed by atoms with van der Waals surface area (Å²) in [6, 6.07) is 6.72. The molecular formula is C29H29NO7. The second-order valence-corrected chi connectivity index (χ2v) is 10.3. The van der Waals surface area contributed by atoms with Gasteiger partial charge in [0, 0.05) is 41.2 Å². The number of phenolic OH excluding ortho intramolecular Hbond substituents is 1. The molecule has 1 aliphatic heterocycles. The summed E-state index contributed by atoms with van der Waals surface area (Å²) in [5, 5.41) is 19.5. The predicted molar refractivity (Wildman–Crippen MR) is 132 cm³/mol. The van der Waals surface area contributed by atoms with E-state index in [2.05, 4.69) is 0 Å². The summed E-state index contributed by atoms with van der Waals surface area (Å²) in [4.78, 5) is 65.3. The lowest BCUT2D eigenvalue weighted by molar-refractivity contribution is -0.141. The van der Waals surface area contributed by atoms with Gasteiger partial charge in [-0.3, -0.25) is 28.9 Å². The lowest BCUT2D eigenvalue weighted by Gasteiger charge is -2.42. The quantitative estimate of drug-likeness (QED) is 0.252. The molecule has 2 N–H and O–H groups in total. The molecule has 0 radical (unpaired) electrons. The van der Waals surface area contributed by atoms with Gasteiger partial charge < -0.3 is 10.2 Å². The van der Waals surface area contributed by atoms with Crippen LogP contribution in [0.1, 0.15) is 56.9 Å². The lowest BCUT2D eigenvalue weighted by atomic mass is 9.59. The third kappa shape index (κ3) is 4.14. The number of likely N-dealkylation sites (tertiary alicyclic amines) is 1. The summed E-state index contributed by atoms with van der Waals surface area (Å²) < 4.78 is 0. The first kappa shape index (κ1) is 24.9. The summed E-state index contributed by atoms with van der Waals surface area (Å²) in [5.74, 6) is -4.13. The van der Waals surface area contributed by atoms with E-state index in [0.717, 1.165) is 5.57 Å². The van der Waals surface area contributed by atoms with Crippen molar-refractivity contribution in [3.05, 3.63) is 64.3 Å². The number of hydrogen-bond acceptors (Lipinski definition) is 6. The van der Waals surface area contributed by atoms with Crippen LogP contribution in [-0.2, 0) is 24.0 Å². The third-order valence-corrected chi connectivity index (χ3v) is 8.17. The molecule has 2 amide bonds. The SMILES string of the molecule is CC1=CC(=O)C2=C(CC3C(=CCC4C(=O)N(CCCCCC(=O)O)C(=O)C43)C2c2ccccc2O)C1=O. The van der Waals surface area contributed by atoms with Gasteiger partial charge >= 0.3 is 5.97 Å². The number of carbonyl (C=O) groups excluding carboxylic acids is 4. The van der Waals surface area contributed by atoms with Gasteiger partial charge in [0.2, 0.25) is 11.8 Å². The third-order valence-electron chi connectivity index (χ3n) is 8.17. The van der Waals surface area contributed by atoms with E-state index in [1.165, 1.54) is 17.0 Å². The van der Waals surface area contributed by atoms with Crippen LogP contribution in [0.3, 0.4) is 0 Å². The molecule has 1 aromatic carbocycles. The van der Waals surface area contributed by atoms with E-state index in [0.29, 0.717) is 48.0 Å². The van der Waals surface area contributed by atoms with Crippen molar-refractivity contribution in [2.75, 3.05) is 6.54 Å². The minimum Gasteiger partial charge on any atom is -0.508 e. The van der Waals surface area contributed by atoms with Crippen molar-refractivity contribution in [3.8, 4) is 5.75 Å². The van der Waals surface area contributed by atoms with Crippen molar-refractivity contribution in [1.29, 1.82) is 0 Å². The second kappa shape index (κ2) is 9.57. The number of hydrogen-bond donors (Lipinski definition) is 2. The van der Waals surface area contributed by atoms with Crippen LogP contribution in [0.4, 0.5) is 0 Å². The van der Waals surface area contributed by atoms with E-state index >= 15 is 0 Å². The molecule has 0 saturated carbocycles. The maximum Gasteiger partial charge on any atom is 0.303 e. The largest absolute Gasteiger partial charge is 0.508 e. The second-order valence-electron chi connectivity index (χ2n) is 10.3. The van der Waals surface area contributed by atoms with Gasteiger partial charge in [0.05, 0.1) is 11.8 Å². The van der Waals surface area contributed by atoms with E-state index in [1.54, 1.807) is 25.1 Å². The molecule has 0 spiro atoms. The Balaban J connectivity index is 1.49. The van der Waals surface area contributed by atoms with Crippen LogP contribution in [0.25, 0.3) is 0 Å². The molecule has 0 bridgehead atoms. The zero-order chi connectivity index (χ0) is 26.4. The summed E-state index contributed by atoms with van der Waals surface area (Å²) in [6.07, 6.45) is 5.48. The Bertz CT molecular complexity index is 1320. The van der Waals surface area contributed by atoms with Crippen molar-refractivity contribution in [1.82, 2.24) is 4.90 Å². The highest BCUT2D eigenvalue weighted by molar-refractivity contribution is 6.23. The maximum atomic E-state index is 13.6. The van der Waals surface area contributed by atoms with Gasteiger partial charge in [0.15, 0.2) is 11.6 Å². The molecule has 37 heavy (non-hydrogen) atoms. The fourth-order valence-corrected chi connectivity index (χ4v) is 6.48. The molecule has 1 fully saturated rings. The number of aromatic hydroxyl groups is 1. The van der Waals surface area contributed by atoms with Crippen LogP contribution >= 0.6 is 0 Å². The number of amides is 2. The van der Waals surface area contributed by atoms with Crippen molar-refractivity contribution >= 4 is 29.4 Å². The Morgan fingerprint density at radius 3 is 2.51 bits per heavy atom. The number of carboxylic acids is 1. The fraction of sp³-hybridized carbons (Fsp3) is 0.414. The number of fused-ring (bicyclic) bond motifs is 3. The van der Waals surface area contributed by atoms with E-state index in [9.17, 15) is 29.1 Å². The van der Waals surface area contributed by atoms with Gasteiger partial charge in [0.1, 0.15) is 5.75 Å². The van der Waals surface area contributed by atoms with Crippen molar-refractivity contribution in [2.45, 2.75) is 51.4 Å². The number of carboxylic acid groups (broad SMARTS) is 1. The van der Waals surface area contributed by atoms with Crippen molar-refractivity contribution in [3.63, 3.8) is 0 Å². The van der Waals surface area contributed by atoms with Gasteiger partial charge in [-0.05, 0) is 50.7 Å². The molecule has 1 saturated heterocycles. The van der Waals surface area contributed by atoms with Gasteiger partial charge in [-0.2, -0.15) is 0 Å².